The van der Waals surface area contributed by atoms with Crippen LogP contribution in [-0.4, -0.2) is 30.6 Å². The van der Waals surface area contributed by atoms with Gasteiger partial charge in [-0.3, -0.25) is 0 Å². The highest BCUT2D eigenvalue weighted by Crippen LogP contribution is 2.41. The van der Waals surface area contributed by atoms with Crippen LogP contribution < -0.4 is 5.73 Å². The van der Waals surface area contributed by atoms with Gasteiger partial charge >= 0.3 is 0 Å². The summed E-state index contributed by atoms with van der Waals surface area (Å²) in [6, 6.07) is 0.420. The third kappa shape index (κ3) is 1.89. The molecule has 2 nitrogen and oxygen atoms in total. The zero-order valence-corrected chi connectivity index (χ0v) is 8.92. The molecule has 76 valence electrons. The number of hydrogen-bond acceptors (Lipinski definition) is 2. The molecular weight excluding hydrogens is 160 g/mol. The minimum atomic E-state index is 0.420. The highest BCUT2D eigenvalue weighted by molar-refractivity contribution is 4.91. The molecule has 1 aliphatic heterocycles. The summed E-state index contributed by atoms with van der Waals surface area (Å²) >= 11 is 0. The number of hydrogen-bond donors (Lipinski definition) is 1. The maximum atomic E-state index is 6.01. The molecule has 2 atom stereocenters. The van der Waals surface area contributed by atoms with Gasteiger partial charge in [0.05, 0.1) is 0 Å². The summed E-state index contributed by atoms with van der Waals surface area (Å²) in [7, 11) is 0. The van der Waals surface area contributed by atoms with Gasteiger partial charge in [0.1, 0.15) is 0 Å². The van der Waals surface area contributed by atoms with Crippen LogP contribution in [0, 0.1) is 11.3 Å². The molecule has 0 radical (unpaired) electrons. The van der Waals surface area contributed by atoms with Crippen LogP contribution in [0.5, 0.6) is 0 Å². The SMILES string of the molecule is CC1CN(CC2(C)CCC2)CC1N. The van der Waals surface area contributed by atoms with Crippen LogP contribution in [0.15, 0.2) is 0 Å². The van der Waals surface area contributed by atoms with E-state index >= 15 is 0 Å². The van der Waals surface area contributed by atoms with Gasteiger partial charge in [-0.1, -0.05) is 20.3 Å². The summed E-state index contributed by atoms with van der Waals surface area (Å²) in [5.41, 5.74) is 6.63. The lowest BCUT2D eigenvalue weighted by Crippen LogP contribution is -2.40. The third-order valence-corrected chi connectivity index (χ3v) is 3.91. The van der Waals surface area contributed by atoms with Gasteiger partial charge < -0.3 is 10.6 Å². The van der Waals surface area contributed by atoms with E-state index in [1.165, 1.54) is 32.4 Å². The van der Waals surface area contributed by atoms with Gasteiger partial charge in [0.25, 0.3) is 0 Å². The van der Waals surface area contributed by atoms with Gasteiger partial charge in [-0.25, -0.2) is 0 Å². The molecule has 2 N–H and O–H groups in total. The Labute approximate surface area is 81.5 Å². The van der Waals surface area contributed by atoms with Crippen LogP contribution in [0.25, 0.3) is 0 Å². The van der Waals surface area contributed by atoms with E-state index in [0.29, 0.717) is 17.4 Å². The topological polar surface area (TPSA) is 29.3 Å². The molecule has 0 aromatic heterocycles. The molecule has 2 unspecified atom stereocenters. The van der Waals surface area contributed by atoms with E-state index in [-0.39, 0.29) is 0 Å². The van der Waals surface area contributed by atoms with E-state index in [0.717, 1.165) is 6.54 Å². The van der Waals surface area contributed by atoms with Gasteiger partial charge in [-0.15, -0.1) is 0 Å². The Bertz CT molecular complexity index is 177. The Morgan fingerprint density at radius 1 is 1.38 bits per heavy atom. The van der Waals surface area contributed by atoms with Crippen LogP contribution in [-0.2, 0) is 0 Å². The van der Waals surface area contributed by atoms with Crippen molar-refractivity contribution in [3.05, 3.63) is 0 Å². The number of nitrogens with two attached hydrogens (primary N) is 1. The normalized spacial score (nSPS) is 39.0. The van der Waals surface area contributed by atoms with Crippen molar-refractivity contribution in [3.63, 3.8) is 0 Å². The first-order valence-electron chi connectivity index (χ1n) is 5.57. The predicted molar refractivity (Wildman–Crippen MR) is 55.5 cm³/mol. The molecule has 0 bridgehead atoms. The molecule has 0 aromatic carbocycles. The summed E-state index contributed by atoms with van der Waals surface area (Å²) in [4.78, 5) is 2.56. The van der Waals surface area contributed by atoms with Crippen LogP contribution in [0.1, 0.15) is 33.1 Å². The first kappa shape index (κ1) is 9.47. The number of rotatable bonds is 2. The zero-order chi connectivity index (χ0) is 9.47. The summed E-state index contributed by atoms with van der Waals surface area (Å²) in [5, 5.41) is 0. The van der Waals surface area contributed by atoms with Crippen molar-refractivity contribution in [2.24, 2.45) is 17.1 Å². The largest absolute Gasteiger partial charge is 0.326 e. The molecule has 0 amide bonds. The van der Waals surface area contributed by atoms with E-state index in [2.05, 4.69) is 18.7 Å². The van der Waals surface area contributed by atoms with Gasteiger partial charge in [-0.2, -0.15) is 0 Å². The minimum Gasteiger partial charge on any atom is -0.326 e. The van der Waals surface area contributed by atoms with Crippen molar-refractivity contribution in [1.29, 1.82) is 0 Å². The molecule has 0 aromatic rings. The first-order chi connectivity index (χ1) is 6.09. The average Bonchev–Trinajstić information content (AvgIpc) is 2.28. The van der Waals surface area contributed by atoms with E-state index < -0.39 is 0 Å². The van der Waals surface area contributed by atoms with Crippen LogP contribution in [0.2, 0.25) is 0 Å². The molecule has 2 heteroatoms. The van der Waals surface area contributed by atoms with Crippen molar-refractivity contribution >= 4 is 0 Å². The lowest BCUT2D eigenvalue weighted by atomic mass is 9.70. The Morgan fingerprint density at radius 3 is 2.46 bits per heavy atom. The first-order valence-corrected chi connectivity index (χ1v) is 5.57. The molecule has 13 heavy (non-hydrogen) atoms. The quantitative estimate of drug-likeness (QED) is 0.700. The van der Waals surface area contributed by atoms with E-state index in [1.807, 2.05) is 0 Å². The Hall–Kier alpha value is -0.0800. The average molecular weight is 182 g/mol. The van der Waals surface area contributed by atoms with Crippen molar-refractivity contribution in [1.82, 2.24) is 4.90 Å². The van der Waals surface area contributed by atoms with Gasteiger partial charge in [0, 0.05) is 25.7 Å². The molecule has 1 saturated heterocycles. The fourth-order valence-electron chi connectivity index (χ4n) is 2.70. The van der Waals surface area contributed by atoms with Crippen molar-refractivity contribution in [2.75, 3.05) is 19.6 Å². The fraction of sp³-hybridized carbons (Fsp3) is 1.00. The molecule has 2 fully saturated rings. The lowest BCUT2D eigenvalue weighted by molar-refractivity contribution is 0.0965. The van der Waals surface area contributed by atoms with Crippen molar-refractivity contribution in [3.8, 4) is 0 Å². The van der Waals surface area contributed by atoms with Crippen LogP contribution in [0.4, 0.5) is 0 Å². The highest BCUT2D eigenvalue weighted by Gasteiger charge is 2.36. The molecular formula is C11H22N2. The summed E-state index contributed by atoms with van der Waals surface area (Å²) in [6.45, 7) is 8.32. The number of likely N-dealkylation sites (tertiary alicyclic amines) is 1. The van der Waals surface area contributed by atoms with E-state index in [4.69, 9.17) is 5.73 Å². The molecule has 1 saturated carbocycles. The second-order valence-electron chi connectivity index (χ2n) is 5.50. The fourth-order valence-corrected chi connectivity index (χ4v) is 2.70. The maximum absolute atomic E-state index is 6.01. The van der Waals surface area contributed by atoms with Gasteiger partial charge in [0.15, 0.2) is 0 Å². The van der Waals surface area contributed by atoms with Crippen molar-refractivity contribution < 1.29 is 0 Å². The summed E-state index contributed by atoms with van der Waals surface area (Å²) < 4.78 is 0. The van der Waals surface area contributed by atoms with E-state index in [1.54, 1.807) is 0 Å². The lowest BCUT2D eigenvalue weighted by Gasteiger charge is -2.41. The van der Waals surface area contributed by atoms with Gasteiger partial charge in [0.2, 0.25) is 0 Å². The standard InChI is InChI=1S/C11H22N2/c1-9-6-13(7-10(9)12)8-11(2)4-3-5-11/h9-10H,3-8,12H2,1-2H3. The minimum absolute atomic E-state index is 0.420. The second-order valence-corrected chi connectivity index (χ2v) is 5.50. The van der Waals surface area contributed by atoms with Crippen LogP contribution >= 0.6 is 0 Å². The Morgan fingerprint density at radius 2 is 2.08 bits per heavy atom. The molecule has 1 heterocycles. The third-order valence-electron chi connectivity index (χ3n) is 3.91. The zero-order valence-electron chi connectivity index (χ0n) is 8.92. The predicted octanol–water partition coefficient (Wildman–Crippen LogP) is 1.46. The molecule has 2 rings (SSSR count). The Kier molecular flexibility index (Phi) is 2.37. The molecule has 2 aliphatic rings. The van der Waals surface area contributed by atoms with Crippen molar-refractivity contribution in [2.45, 2.75) is 39.2 Å². The van der Waals surface area contributed by atoms with E-state index in [9.17, 15) is 0 Å². The highest BCUT2D eigenvalue weighted by atomic mass is 15.2. The summed E-state index contributed by atoms with van der Waals surface area (Å²) in [6.07, 6.45) is 4.28. The summed E-state index contributed by atoms with van der Waals surface area (Å²) in [5.74, 6) is 0.698. The Balaban J connectivity index is 1.83. The number of nitrogens with zero attached hydrogens (tertiary/aromatic N) is 1. The maximum Gasteiger partial charge on any atom is 0.0206 e. The molecule has 1 aliphatic carbocycles. The molecule has 0 spiro atoms. The van der Waals surface area contributed by atoms with Crippen LogP contribution in [0.3, 0.4) is 0 Å². The van der Waals surface area contributed by atoms with Gasteiger partial charge in [-0.05, 0) is 24.2 Å². The smallest absolute Gasteiger partial charge is 0.0206 e. The second kappa shape index (κ2) is 3.25. The monoisotopic (exact) mass is 182 g/mol.